The first-order valence-corrected chi connectivity index (χ1v) is 25.8. The first-order chi connectivity index (χ1) is 36.0. The van der Waals surface area contributed by atoms with Crippen LogP contribution in [0.15, 0.2) is 65.7 Å². The normalized spacial score (nSPS) is 16.5. The highest BCUT2D eigenvalue weighted by Gasteiger charge is 2.39. The van der Waals surface area contributed by atoms with Crippen LogP contribution in [0.2, 0.25) is 5.02 Å². The molecule has 76 heavy (non-hydrogen) atoms. The summed E-state index contributed by atoms with van der Waals surface area (Å²) in [6.07, 6.45) is -4.37. The highest BCUT2D eigenvalue weighted by Crippen LogP contribution is 2.41. The second kappa shape index (κ2) is 22.8. The average molecular weight is 1100 g/mol. The molecule has 0 radical (unpaired) electrons. The molecule has 0 unspecified atom stereocenters. The molecule has 404 valence electrons. The fraction of sp³-hybridized carbons (Fsp3) is 0.423. The lowest BCUT2D eigenvalue weighted by Crippen LogP contribution is -2.43. The molecule has 16 nitrogen and oxygen atoms in total. The van der Waals surface area contributed by atoms with Gasteiger partial charge in [-0.05, 0) is 131 Å². The molecule has 0 bridgehead atoms. The maximum absolute atomic E-state index is 14.1. The summed E-state index contributed by atoms with van der Waals surface area (Å²) < 4.78 is 74.3. The number of halogens is 7. The minimum atomic E-state index is -5.08. The third-order valence-electron chi connectivity index (χ3n) is 14.0. The van der Waals surface area contributed by atoms with Gasteiger partial charge in [0.05, 0.1) is 17.7 Å². The number of carboxylic acid groups (broad SMARTS) is 1. The van der Waals surface area contributed by atoms with E-state index >= 15 is 0 Å². The molecule has 3 aliphatic heterocycles. The lowest BCUT2D eigenvalue weighted by atomic mass is 9.89. The van der Waals surface area contributed by atoms with Crippen LogP contribution >= 0.6 is 22.9 Å². The summed E-state index contributed by atoms with van der Waals surface area (Å²) >= 11 is 7.98. The fourth-order valence-corrected chi connectivity index (χ4v) is 11.2. The molecule has 9 rings (SSSR count). The van der Waals surface area contributed by atoms with Gasteiger partial charge >= 0.3 is 18.3 Å². The molecule has 3 aliphatic rings. The highest BCUT2D eigenvalue weighted by atomic mass is 35.5. The molecule has 24 heteroatoms. The van der Waals surface area contributed by atoms with E-state index in [1.807, 2.05) is 60.5 Å². The Kier molecular flexibility index (Phi) is 16.6. The Hall–Kier alpha value is -6.85. The number of phenols is 2. The van der Waals surface area contributed by atoms with Crippen LogP contribution in [0.1, 0.15) is 100 Å². The summed E-state index contributed by atoms with van der Waals surface area (Å²) in [7, 11) is 0. The first-order valence-electron chi connectivity index (χ1n) is 24.6. The van der Waals surface area contributed by atoms with E-state index in [-0.39, 0.29) is 41.0 Å². The van der Waals surface area contributed by atoms with Crippen molar-refractivity contribution in [2.24, 2.45) is 16.8 Å². The van der Waals surface area contributed by atoms with Crippen molar-refractivity contribution >= 4 is 46.4 Å². The minimum Gasteiger partial charge on any atom is -0.508 e. The number of carbonyl (C=O) groups is 3. The number of alkyl halides is 6. The number of benzene rings is 3. The molecule has 2 amide bonds. The van der Waals surface area contributed by atoms with Crippen LogP contribution in [0, 0.1) is 32.6 Å². The molecule has 6 heterocycles. The van der Waals surface area contributed by atoms with Crippen molar-refractivity contribution < 1.29 is 56.0 Å². The molecular formula is C52H55ClF6N10O6S. The Balaban J connectivity index is 0.00000102. The molecule has 4 N–H and O–H groups in total. The van der Waals surface area contributed by atoms with Gasteiger partial charge in [0.1, 0.15) is 34.9 Å². The number of thiophene rings is 1. The van der Waals surface area contributed by atoms with Crippen molar-refractivity contribution in [2.75, 3.05) is 39.3 Å². The van der Waals surface area contributed by atoms with Crippen molar-refractivity contribution in [3.8, 4) is 33.6 Å². The number of hydrogen-bond donors (Lipinski definition) is 4. The maximum Gasteiger partial charge on any atom is 0.490 e. The predicted octanol–water partition coefficient (Wildman–Crippen LogP) is 9.53. The molecule has 2 fully saturated rings. The Labute approximate surface area is 442 Å². The standard InChI is InChI=1S/C50H54ClF3N10O4S.C2HF3O2/c1-5-34-23-38(41(66)25-40(34)65)45-58-60-47(48(68)55-27-50(52,53)54)64(45)37-12-6-31(7-13-37)22-32-14-18-61(19-15-32)26-33-16-20-62(21-17-33)42(67)24-39-46-59-57-30(4)63(46)49-43(28(2)29(3)69-49)44(56-39)35-8-10-36(51)11-9-35;3-2(4,5)1(6)7/h6-13,23,25,32-33,39,65-66H,5,14-22,24,26-27H2,1-4H3,(H,55,68);(H,6,7)/t39-;/m0./s1. The predicted molar refractivity (Wildman–Crippen MR) is 272 cm³/mol. The van der Waals surface area contributed by atoms with Gasteiger partial charge in [-0.25, -0.2) is 4.79 Å². The number of rotatable bonds is 12. The minimum absolute atomic E-state index is 0.0368. The van der Waals surface area contributed by atoms with Crippen LogP contribution in [0.3, 0.4) is 0 Å². The van der Waals surface area contributed by atoms with Gasteiger partial charge in [0.2, 0.25) is 11.7 Å². The van der Waals surface area contributed by atoms with Crippen molar-refractivity contribution in [1.29, 1.82) is 0 Å². The summed E-state index contributed by atoms with van der Waals surface area (Å²) in [5, 5.41) is 48.9. The number of amides is 2. The summed E-state index contributed by atoms with van der Waals surface area (Å²) in [4.78, 5) is 47.1. The SMILES string of the molecule is CCc1cc(-c2nnc(C(=O)NCC(F)(F)F)n2-c2ccc(CC3CCN(CC4CCN(C(=O)C[C@@H]5N=C(c6ccc(Cl)cc6)c6c(sc(C)c6C)-n6c(C)nnc65)CC4)CC3)cc2)c(O)cc1O.O=C(O)C(F)(F)F. The van der Waals surface area contributed by atoms with Crippen molar-refractivity contribution in [2.45, 2.75) is 91.0 Å². The summed E-state index contributed by atoms with van der Waals surface area (Å²) in [6, 6.07) is 17.3. The third kappa shape index (κ3) is 12.5. The number of likely N-dealkylation sites (tertiary alicyclic amines) is 2. The molecule has 1 atom stereocenters. The average Bonchev–Trinajstić information content (AvgIpc) is 4.05. The van der Waals surface area contributed by atoms with Gasteiger partial charge in [0, 0.05) is 52.4 Å². The molecular weight excluding hydrogens is 1040 g/mol. The number of aryl methyl sites for hydroxylation is 3. The highest BCUT2D eigenvalue weighted by molar-refractivity contribution is 7.15. The Morgan fingerprint density at radius 2 is 1.46 bits per heavy atom. The summed E-state index contributed by atoms with van der Waals surface area (Å²) in [6.45, 7) is 10.8. The number of aromatic hydroxyl groups is 2. The van der Waals surface area contributed by atoms with E-state index in [1.165, 1.54) is 21.6 Å². The second-order valence-corrected chi connectivity index (χ2v) is 20.8. The number of fused-ring (bicyclic) bond motifs is 3. The van der Waals surface area contributed by atoms with E-state index in [4.69, 9.17) is 26.5 Å². The number of aliphatic carboxylic acids is 1. The second-order valence-electron chi connectivity index (χ2n) is 19.2. The van der Waals surface area contributed by atoms with Gasteiger partial charge in [-0.3, -0.25) is 23.7 Å². The Morgan fingerprint density at radius 1 is 0.816 bits per heavy atom. The lowest BCUT2D eigenvalue weighted by molar-refractivity contribution is -0.192. The number of aliphatic imine (C=N–C) groups is 1. The monoisotopic (exact) mass is 1100 g/mol. The van der Waals surface area contributed by atoms with Crippen molar-refractivity contribution in [3.05, 3.63) is 116 Å². The molecule has 6 aromatic rings. The van der Waals surface area contributed by atoms with E-state index in [1.54, 1.807) is 23.5 Å². The largest absolute Gasteiger partial charge is 0.508 e. The topological polar surface area (TPSA) is 204 Å². The van der Waals surface area contributed by atoms with E-state index in [9.17, 15) is 46.1 Å². The van der Waals surface area contributed by atoms with Crippen LogP contribution in [0.25, 0.3) is 22.1 Å². The number of phenolic OH excluding ortho intramolecular Hbond substituents is 2. The van der Waals surface area contributed by atoms with Crippen LogP contribution in [0.4, 0.5) is 26.3 Å². The lowest BCUT2D eigenvalue weighted by Gasteiger charge is -2.38. The molecule has 0 spiro atoms. The smallest absolute Gasteiger partial charge is 0.490 e. The van der Waals surface area contributed by atoms with E-state index in [0.717, 1.165) is 90.5 Å². The molecule has 0 saturated carbocycles. The summed E-state index contributed by atoms with van der Waals surface area (Å²) in [5.41, 5.74) is 6.11. The van der Waals surface area contributed by atoms with Gasteiger partial charge in [-0.1, -0.05) is 42.8 Å². The van der Waals surface area contributed by atoms with Crippen LogP contribution in [-0.2, 0) is 22.4 Å². The molecule has 3 aromatic carbocycles. The maximum atomic E-state index is 14.1. The number of aromatic nitrogens is 6. The summed E-state index contributed by atoms with van der Waals surface area (Å²) in [5.74, 6) is -2.20. The van der Waals surface area contributed by atoms with Gasteiger partial charge in [-0.2, -0.15) is 26.3 Å². The Morgan fingerprint density at radius 3 is 2.08 bits per heavy atom. The molecule has 0 aliphatic carbocycles. The van der Waals surface area contributed by atoms with E-state index in [2.05, 4.69) is 43.7 Å². The fourth-order valence-electron chi connectivity index (χ4n) is 9.84. The van der Waals surface area contributed by atoms with Gasteiger partial charge in [-0.15, -0.1) is 31.7 Å². The number of carbonyl (C=O) groups excluding carboxylic acids is 2. The third-order valence-corrected chi connectivity index (χ3v) is 15.5. The zero-order valence-electron chi connectivity index (χ0n) is 41.8. The first kappa shape index (κ1) is 55.4. The van der Waals surface area contributed by atoms with Crippen LogP contribution in [-0.4, -0.2) is 130 Å². The molecule has 2 saturated heterocycles. The van der Waals surface area contributed by atoms with E-state index < -0.39 is 36.8 Å². The Bertz CT molecular complexity index is 3120. The van der Waals surface area contributed by atoms with E-state index in [0.29, 0.717) is 53.4 Å². The van der Waals surface area contributed by atoms with Crippen LogP contribution < -0.4 is 5.32 Å². The molecule has 3 aromatic heterocycles. The number of carboxylic acids is 1. The van der Waals surface area contributed by atoms with Gasteiger partial charge < -0.3 is 30.4 Å². The zero-order valence-corrected chi connectivity index (χ0v) is 43.4. The number of piperidine rings is 2. The van der Waals surface area contributed by atoms with Gasteiger partial charge in [0.15, 0.2) is 11.6 Å². The number of nitrogens with one attached hydrogen (secondary N) is 1. The zero-order chi connectivity index (χ0) is 54.8. The van der Waals surface area contributed by atoms with Crippen LogP contribution in [0.5, 0.6) is 11.5 Å². The quantitative estimate of drug-likeness (QED) is 0.0850. The van der Waals surface area contributed by atoms with Gasteiger partial charge in [0.25, 0.3) is 5.91 Å². The van der Waals surface area contributed by atoms with Crippen molar-refractivity contribution in [3.63, 3.8) is 0 Å². The number of nitrogens with zero attached hydrogens (tertiary/aromatic N) is 9. The van der Waals surface area contributed by atoms with Crippen molar-refractivity contribution in [1.82, 2.24) is 44.6 Å². The number of hydrogen-bond acceptors (Lipinski definition) is 12.